The minimum atomic E-state index is 0.222. The smallest absolute Gasteiger partial charge is 0.0873 e. The molecule has 2 nitrogen and oxygen atoms in total. The van der Waals surface area contributed by atoms with E-state index in [0.717, 1.165) is 23.7 Å². The summed E-state index contributed by atoms with van der Waals surface area (Å²) in [5.74, 6) is 0. The SMILES string of the molecule is CN1CCNC1c1ccc(Cl)cc1Cl. The van der Waals surface area contributed by atoms with Crippen LogP contribution in [0.2, 0.25) is 10.0 Å². The summed E-state index contributed by atoms with van der Waals surface area (Å²) < 4.78 is 0. The number of benzene rings is 1. The Hall–Kier alpha value is -0.280. The number of rotatable bonds is 1. The van der Waals surface area contributed by atoms with Gasteiger partial charge in [0.1, 0.15) is 0 Å². The van der Waals surface area contributed by atoms with Crippen molar-refractivity contribution in [2.24, 2.45) is 0 Å². The predicted octanol–water partition coefficient (Wildman–Crippen LogP) is 2.53. The van der Waals surface area contributed by atoms with E-state index in [-0.39, 0.29) is 6.17 Å². The van der Waals surface area contributed by atoms with Crippen LogP contribution in [0, 0.1) is 0 Å². The highest BCUT2D eigenvalue weighted by Crippen LogP contribution is 2.29. The fourth-order valence-electron chi connectivity index (χ4n) is 1.73. The van der Waals surface area contributed by atoms with Crippen LogP contribution in [-0.4, -0.2) is 25.0 Å². The van der Waals surface area contributed by atoms with Crippen molar-refractivity contribution >= 4 is 23.2 Å². The maximum Gasteiger partial charge on any atom is 0.0873 e. The number of hydrogen-bond donors (Lipinski definition) is 1. The summed E-state index contributed by atoms with van der Waals surface area (Å²) in [7, 11) is 2.08. The zero-order valence-electron chi connectivity index (χ0n) is 7.93. The number of likely N-dealkylation sites (N-methyl/N-ethyl adjacent to an activating group) is 1. The molecular formula is C10H12Cl2N2. The lowest BCUT2D eigenvalue weighted by molar-refractivity contribution is 0.301. The minimum absolute atomic E-state index is 0.222. The molecule has 0 bridgehead atoms. The van der Waals surface area contributed by atoms with Crippen LogP contribution in [0.3, 0.4) is 0 Å². The molecule has 76 valence electrons. The van der Waals surface area contributed by atoms with Gasteiger partial charge in [0.25, 0.3) is 0 Å². The van der Waals surface area contributed by atoms with Crippen LogP contribution in [0.25, 0.3) is 0 Å². The number of halogens is 2. The van der Waals surface area contributed by atoms with E-state index in [1.807, 2.05) is 12.1 Å². The second-order valence-corrected chi connectivity index (χ2v) is 4.35. The largest absolute Gasteiger partial charge is 0.297 e. The molecular weight excluding hydrogens is 219 g/mol. The van der Waals surface area contributed by atoms with E-state index in [2.05, 4.69) is 17.3 Å². The Kier molecular flexibility index (Phi) is 2.98. The second kappa shape index (κ2) is 4.07. The van der Waals surface area contributed by atoms with Crippen LogP contribution in [-0.2, 0) is 0 Å². The van der Waals surface area contributed by atoms with Gasteiger partial charge in [-0.15, -0.1) is 0 Å². The molecule has 1 atom stereocenters. The lowest BCUT2D eigenvalue weighted by Crippen LogP contribution is -2.23. The maximum atomic E-state index is 6.12. The highest BCUT2D eigenvalue weighted by molar-refractivity contribution is 6.35. The molecule has 1 fully saturated rings. The monoisotopic (exact) mass is 230 g/mol. The summed E-state index contributed by atoms with van der Waals surface area (Å²) >= 11 is 12.0. The van der Waals surface area contributed by atoms with Crippen LogP contribution in [0.5, 0.6) is 0 Å². The summed E-state index contributed by atoms with van der Waals surface area (Å²) in [5, 5.41) is 4.79. The first-order valence-corrected chi connectivity index (χ1v) is 5.32. The third-order valence-electron chi connectivity index (χ3n) is 2.50. The van der Waals surface area contributed by atoms with Crippen molar-refractivity contribution in [3.05, 3.63) is 33.8 Å². The molecule has 0 aromatic heterocycles. The summed E-state index contributed by atoms with van der Waals surface area (Å²) in [5.41, 5.74) is 1.09. The molecule has 0 saturated carbocycles. The Morgan fingerprint density at radius 3 is 2.79 bits per heavy atom. The summed E-state index contributed by atoms with van der Waals surface area (Å²) in [6.07, 6.45) is 0.222. The van der Waals surface area contributed by atoms with E-state index < -0.39 is 0 Å². The Balaban J connectivity index is 2.31. The van der Waals surface area contributed by atoms with Gasteiger partial charge in [0.2, 0.25) is 0 Å². The number of nitrogens with zero attached hydrogens (tertiary/aromatic N) is 1. The Morgan fingerprint density at radius 2 is 2.21 bits per heavy atom. The minimum Gasteiger partial charge on any atom is -0.297 e. The highest BCUT2D eigenvalue weighted by Gasteiger charge is 2.23. The zero-order chi connectivity index (χ0) is 10.1. The van der Waals surface area contributed by atoms with Gasteiger partial charge in [0, 0.05) is 28.7 Å². The van der Waals surface area contributed by atoms with Crippen molar-refractivity contribution in [2.45, 2.75) is 6.17 Å². The van der Waals surface area contributed by atoms with Gasteiger partial charge in [-0.1, -0.05) is 29.3 Å². The fourth-order valence-corrected chi connectivity index (χ4v) is 2.25. The Labute approximate surface area is 93.8 Å². The van der Waals surface area contributed by atoms with Gasteiger partial charge in [-0.3, -0.25) is 10.2 Å². The molecule has 1 saturated heterocycles. The van der Waals surface area contributed by atoms with E-state index in [9.17, 15) is 0 Å². The van der Waals surface area contributed by atoms with Crippen molar-refractivity contribution in [1.82, 2.24) is 10.2 Å². The van der Waals surface area contributed by atoms with Crippen LogP contribution in [0.1, 0.15) is 11.7 Å². The molecule has 2 rings (SSSR count). The molecule has 1 aliphatic heterocycles. The molecule has 4 heteroatoms. The molecule has 1 aliphatic rings. The van der Waals surface area contributed by atoms with Crippen LogP contribution in [0.15, 0.2) is 18.2 Å². The quantitative estimate of drug-likeness (QED) is 0.798. The lowest BCUT2D eigenvalue weighted by atomic mass is 10.1. The van der Waals surface area contributed by atoms with Crippen molar-refractivity contribution in [1.29, 1.82) is 0 Å². The molecule has 0 spiro atoms. The first-order valence-electron chi connectivity index (χ1n) is 4.57. The van der Waals surface area contributed by atoms with Crippen LogP contribution in [0.4, 0.5) is 0 Å². The number of hydrogen-bond acceptors (Lipinski definition) is 2. The van der Waals surface area contributed by atoms with E-state index in [1.54, 1.807) is 6.07 Å². The molecule has 1 unspecified atom stereocenters. The predicted molar refractivity (Wildman–Crippen MR) is 59.8 cm³/mol. The summed E-state index contributed by atoms with van der Waals surface area (Å²) in [4.78, 5) is 2.23. The van der Waals surface area contributed by atoms with Gasteiger partial charge < -0.3 is 0 Å². The molecule has 0 radical (unpaired) electrons. The van der Waals surface area contributed by atoms with E-state index in [1.165, 1.54) is 0 Å². The second-order valence-electron chi connectivity index (χ2n) is 3.50. The van der Waals surface area contributed by atoms with Crippen molar-refractivity contribution in [3.8, 4) is 0 Å². The topological polar surface area (TPSA) is 15.3 Å². The molecule has 1 aromatic carbocycles. The fraction of sp³-hybridized carbons (Fsp3) is 0.400. The van der Waals surface area contributed by atoms with Crippen molar-refractivity contribution in [3.63, 3.8) is 0 Å². The Morgan fingerprint density at radius 1 is 1.43 bits per heavy atom. The van der Waals surface area contributed by atoms with Crippen LogP contribution >= 0.6 is 23.2 Å². The molecule has 0 amide bonds. The van der Waals surface area contributed by atoms with Crippen molar-refractivity contribution in [2.75, 3.05) is 20.1 Å². The third kappa shape index (κ3) is 1.89. The lowest BCUT2D eigenvalue weighted by Gasteiger charge is -2.20. The first-order chi connectivity index (χ1) is 6.68. The summed E-state index contributed by atoms with van der Waals surface area (Å²) in [6, 6.07) is 5.63. The normalized spacial score (nSPS) is 22.9. The van der Waals surface area contributed by atoms with Gasteiger partial charge in [-0.2, -0.15) is 0 Å². The third-order valence-corrected chi connectivity index (χ3v) is 3.06. The molecule has 1 heterocycles. The van der Waals surface area contributed by atoms with E-state index in [4.69, 9.17) is 23.2 Å². The zero-order valence-corrected chi connectivity index (χ0v) is 9.44. The number of nitrogens with one attached hydrogen (secondary N) is 1. The molecule has 1 aromatic rings. The van der Waals surface area contributed by atoms with Gasteiger partial charge in [-0.25, -0.2) is 0 Å². The summed E-state index contributed by atoms with van der Waals surface area (Å²) in [6.45, 7) is 2.05. The van der Waals surface area contributed by atoms with E-state index >= 15 is 0 Å². The van der Waals surface area contributed by atoms with Gasteiger partial charge in [-0.05, 0) is 19.2 Å². The van der Waals surface area contributed by atoms with Gasteiger partial charge >= 0.3 is 0 Å². The average Bonchev–Trinajstić information content (AvgIpc) is 2.52. The standard InChI is InChI=1S/C10H12Cl2N2/c1-14-5-4-13-10(14)8-3-2-7(11)6-9(8)12/h2-3,6,10,13H,4-5H2,1H3. The average molecular weight is 231 g/mol. The first kappa shape index (κ1) is 10.2. The highest BCUT2D eigenvalue weighted by atomic mass is 35.5. The van der Waals surface area contributed by atoms with Crippen LogP contribution < -0.4 is 5.32 Å². The Bertz CT molecular complexity index is 341. The molecule has 14 heavy (non-hydrogen) atoms. The maximum absolute atomic E-state index is 6.12. The van der Waals surface area contributed by atoms with Gasteiger partial charge in [0.15, 0.2) is 0 Å². The van der Waals surface area contributed by atoms with Crippen molar-refractivity contribution < 1.29 is 0 Å². The molecule has 1 N–H and O–H groups in total. The molecule has 0 aliphatic carbocycles. The van der Waals surface area contributed by atoms with E-state index in [0.29, 0.717) is 5.02 Å². The van der Waals surface area contributed by atoms with Gasteiger partial charge in [0.05, 0.1) is 6.17 Å².